The van der Waals surface area contributed by atoms with Crippen LogP contribution in [-0.2, 0) is 0 Å². The van der Waals surface area contributed by atoms with E-state index in [1.54, 1.807) is 0 Å². The van der Waals surface area contributed by atoms with Crippen molar-refractivity contribution >= 4 is 0 Å². The zero-order chi connectivity index (χ0) is 13.3. The number of hydrogen-bond acceptors (Lipinski definition) is 2. The van der Waals surface area contributed by atoms with Crippen molar-refractivity contribution in [3.63, 3.8) is 0 Å². The molecule has 1 fully saturated rings. The maximum absolute atomic E-state index is 3.64. The fraction of sp³-hybridized carbons (Fsp3) is 1.00. The van der Waals surface area contributed by atoms with E-state index in [0.717, 1.165) is 18.5 Å². The van der Waals surface area contributed by atoms with Crippen LogP contribution in [0.4, 0.5) is 0 Å². The molecule has 17 heavy (non-hydrogen) atoms. The topological polar surface area (TPSA) is 15.3 Å². The highest BCUT2D eigenvalue weighted by Crippen LogP contribution is 2.27. The van der Waals surface area contributed by atoms with Crippen LogP contribution >= 0.6 is 0 Å². The van der Waals surface area contributed by atoms with Crippen molar-refractivity contribution in [3.8, 4) is 0 Å². The second-order valence-corrected chi connectivity index (χ2v) is 7.89. The minimum Gasteiger partial charge on any atom is -0.311 e. The third kappa shape index (κ3) is 5.39. The molecule has 0 amide bonds. The van der Waals surface area contributed by atoms with Gasteiger partial charge in [-0.3, -0.25) is 4.90 Å². The molecule has 2 heteroatoms. The first-order valence-corrected chi connectivity index (χ1v) is 7.08. The quantitative estimate of drug-likeness (QED) is 0.812. The van der Waals surface area contributed by atoms with Crippen molar-refractivity contribution in [3.05, 3.63) is 0 Å². The molecule has 1 N–H and O–H groups in total. The van der Waals surface area contributed by atoms with Gasteiger partial charge in [0.1, 0.15) is 0 Å². The van der Waals surface area contributed by atoms with E-state index in [0.29, 0.717) is 5.41 Å². The Morgan fingerprint density at radius 2 is 1.71 bits per heavy atom. The minimum absolute atomic E-state index is 0.223. The minimum atomic E-state index is 0.223. The van der Waals surface area contributed by atoms with Gasteiger partial charge in [0, 0.05) is 31.2 Å². The van der Waals surface area contributed by atoms with Crippen LogP contribution in [0.15, 0.2) is 0 Å². The van der Waals surface area contributed by atoms with Crippen LogP contribution in [0.5, 0.6) is 0 Å². The van der Waals surface area contributed by atoms with Gasteiger partial charge in [-0.1, -0.05) is 20.8 Å². The van der Waals surface area contributed by atoms with Gasteiger partial charge < -0.3 is 5.32 Å². The zero-order valence-corrected chi connectivity index (χ0v) is 12.9. The number of hydrogen-bond donors (Lipinski definition) is 1. The van der Waals surface area contributed by atoms with Crippen molar-refractivity contribution in [1.82, 2.24) is 10.2 Å². The van der Waals surface area contributed by atoms with E-state index in [2.05, 4.69) is 58.7 Å². The molecule has 2 atom stereocenters. The number of likely N-dealkylation sites (tertiary alicyclic amines) is 1. The average Bonchev–Trinajstić information content (AvgIpc) is 2.40. The molecule has 0 aromatic rings. The average molecular weight is 240 g/mol. The Bertz CT molecular complexity index is 240. The summed E-state index contributed by atoms with van der Waals surface area (Å²) in [4.78, 5) is 2.66. The normalized spacial score (nSPS) is 27.7. The van der Waals surface area contributed by atoms with Crippen LogP contribution in [0.2, 0.25) is 0 Å². The lowest BCUT2D eigenvalue weighted by Gasteiger charge is -2.35. The summed E-state index contributed by atoms with van der Waals surface area (Å²) in [5, 5.41) is 3.64. The maximum atomic E-state index is 3.64. The maximum Gasteiger partial charge on any atom is 0.00967 e. The molecule has 1 aliphatic heterocycles. The van der Waals surface area contributed by atoms with Gasteiger partial charge in [0.05, 0.1) is 0 Å². The van der Waals surface area contributed by atoms with E-state index in [1.165, 1.54) is 19.5 Å². The highest BCUT2D eigenvalue weighted by Gasteiger charge is 2.31. The van der Waals surface area contributed by atoms with Crippen molar-refractivity contribution in [2.24, 2.45) is 11.3 Å². The van der Waals surface area contributed by atoms with Gasteiger partial charge in [0.15, 0.2) is 0 Å². The molecule has 0 saturated carbocycles. The largest absolute Gasteiger partial charge is 0.311 e. The fourth-order valence-corrected chi connectivity index (χ4v) is 2.72. The Morgan fingerprint density at radius 1 is 1.12 bits per heavy atom. The summed E-state index contributed by atoms with van der Waals surface area (Å²) in [5.41, 5.74) is 0.576. The van der Waals surface area contributed by atoms with Crippen LogP contribution in [-0.4, -0.2) is 36.1 Å². The first kappa shape index (κ1) is 15.0. The Labute approximate surface area is 108 Å². The first-order chi connectivity index (χ1) is 7.59. The van der Waals surface area contributed by atoms with E-state index in [4.69, 9.17) is 0 Å². The summed E-state index contributed by atoms with van der Waals surface area (Å²) in [6.07, 6.45) is 1.36. The predicted octanol–water partition coefficient (Wildman–Crippen LogP) is 3.13. The Hall–Kier alpha value is -0.0800. The van der Waals surface area contributed by atoms with E-state index in [9.17, 15) is 0 Å². The Balaban J connectivity index is 2.43. The monoisotopic (exact) mass is 240 g/mol. The Kier molecular flexibility index (Phi) is 4.65. The van der Waals surface area contributed by atoms with Crippen LogP contribution < -0.4 is 5.32 Å². The SMILES string of the molecule is CC1CC(C)N(CC(C)(C)CNC(C)(C)C)C1. The van der Waals surface area contributed by atoms with E-state index >= 15 is 0 Å². The summed E-state index contributed by atoms with van der Waals surface area (Å²) >= 11 is 0. The van der Waals surface area contributed by atoms with Crippen LogP contribution in [0.25, 0.3) is 0 Å². The molecule has 102 valence electrons. The molecule has 1 saturated heterocycles. The van der Waals surface area contributed by atoms with Gasteiger partial charge in [-0.25, -0.2) is 0 Å². The third-order valence-electron chi connectivity index (χ3n) is 3.64. The lowest BCUT2D eigenvalue weighted by Crippen LogP contribution is -2.46. The molecule has 0 bridgehead atoms. The summed E-state index contributed by atoms with van der Waals surface area (Å²) in [6.45, 7) is 19.8. The van der Waals surface area contributed by atoms with E-state index < -0.39 is 0 Å². The molecule has 0 radical (unpaired) electrons. The van der Waals surface area contributed by atoms with Crippen LogP contribution in [0, 0.1) is 11.3 Å². The van der Waals surface area contributed by atoms with Crippen LogP contribution in [0.1, 0.15) is 54.9 Å². The van der Waals surface area contributed by atoms with Crippen molar-refractivity contribution in [1.29, 1.82) is 0 Å². The smallest absolute Gasteiger partial charge is 0.00967 e. The fourth-order valence-electron chi connectivity index (χ4n) is 2.72. The lowest BCUT2D eigenvalue weighted by molar-refractivity contribution is 0.159. The van der Waals surface area contributed by atoms with Gasteiger partial charge in [-0.05, 0) is 45.4 Å². The zero-order valence-electron chi connectivity index (χ0n) is 12.9. The lowest BCUT2D eigenvalue weighted by atomic mass is 9.91. The molecule has 0 aromatic carbocycles. The second kappa shape index (κ2) is 5.27. The van der Waals surface area contributed by atoms with Gasteiger partial charge in [0.2, 0.25) is 0 Å². The van der Waals surface area contributed by atoms with Gasteiger partial charge in [0.25, 0.3) is 0 Å². The third-order valence-corrected chi connectivity index (χ3v) is 3.64. The molecular weight excluding hydrogens is 208 g/mol. The second-order valence-electron chi connectivity index (χ2n) is 7.89. The van der Waals surface area contributed by atoms with Crippen molar-refractivity contribution < 1.29 is 0 Å². The molecular formula is C15H32N2. The molecule has 1 heterocycles. The van der Waals surface area contributed by atoms with Gasteiger partial charge >= 0.3 is 0 Å². The van der Waals surface area contributed by atoms with Crippen molar-refractivity contribution in [2.75, 3.05) is 19.6 Å². The Morgan fingerprint density at radius 3 is 2.12 bits per heavy atom. The molecule has 1 rings (SSSR count). The predicted molar refractivity (Wildman–Crippen MR) is 76.4 cm³/mol. The van der Waals surface area contributed by atoms with E-state index in [-0.39, 0.29) is 5.54 Å². The highest BCUT2D eigenvalue weighted by molar-refractivity contribution is 4.86. The first-order valence-electron chi connectivity index (χ1n) is 7.08. The summed E-state index contributed by atoms with van der Waals surface area (Å²) in [6, 6.07) is 0.763. The number of rotatable bonds is 4. The molecule has 0 aromatic heterocycles. The highest BCUT2D eigenvalue weighted by atomic mass is 15.2. The summed E-state index contributed by atoms with van der Waals surface area (Å²) in [5.74, 6) is 0.872. The van der Waals surface area contributed by atoms with E-state index in [1.807, 2.05) is 0 Å². The number of nitrogens with one attached hydrogen (secondary N) is 1. The molecule has 0 aliphatic carbocycles. The molecule has 2 nitrogen and oxygen atoms in total. The number of nitrogens with zero attached hydrogens (tertiary/aromatic N) is 1. The standard InChI is InChI=1S/C15H32N2/c1-12-8-13(2)17(9-12)11-15(6,7)10-16-14(3,4)5/h12-13,16H,8-11H2,1-7H3. The van der Waals surface area contributed by atoms with Crippen molar-refractivity contribution in [2.45, 2.75) is 66.5 Å². The molecule has 2 unspecified atom stereocenters. The van der Waals surface area contributed by atoms with Crippen LogP contribution in [0.3, 0.4) is 0 Å². The summed E-state index contributed by atoms with van der Waals surface area (Å²) < 4.78 is 0. The van der Waals surface area contributed by atoms with Gasteiger partial charge in [-0.15, -0.1) is 0 Å². The molecule has 1 aliphatic rings. The summed E-state index contributed by atoms with van der Waals surface area (Å²) in [7, 11) is 0. The molecule has 0 spiro atoms. The van der Waals surface area contributed by atoms with Gasteiger partial charge in [-0.2, -0.15) is 0 Å².